The summed E-state index contributed by atoms with van der Waals surface area (Å²) in [5.74, 6) is -0.398. The largest absolute Gasteiger partial charge is 0.465 e. The van der Waals surface area contributed by atoms with Crippen LogP contribution >= 0.6 is 0 Å². The maximum absolute atomic E-state index is 12.0. The van der Waals surface area contributed by atoms with E-state index in [0.717, 1.165) is 11.1 Å². The molecule has 7 heteroatoms. The van der Waals surface area contributed by atoms with Crippen LogP contribution in [-0.2, 0) is 14.3 Å². The average Bonchev–Trinajstić information content (AvgIpc) is 3.23. The van der Waals surface area contributed by atoms with Gasteiger partial charge in [0.1, 0.15) is 0 Å². The van der Waals surface area contributed by atoms with Crippen LogP contribution in [0.25, 0.3) is 17.5 Å². The van der Waals surface area contributed by atoms with Crippen LogP contribution in [0.4, 0.5) is 0 Å². The van der Waals surface area contributed by atoms with Crippen molar-refractivity contribution in [2.75, 3.05) is 7.11 Å². The van der Waals surface area contributed by atoms with Gasteiger partial charge in [-0.05, 0) is 42.8 Å². The van der Waals surface area contributed by atoms with Crippen molar-refractivity contribution in [2.45, 2.75) is 13.0 Å². The minimum absolute atomic E-state index is 0.211. The molecule has 0 saturated heterocycles. The van der Waals surface area contributed by atoms with Gasteiger partial charge in [0.2, 0.25) is 5.89 Å². The van der Waals surface area contributed by atoms with Crippen molar-refractivity contribution < 1.29 is 23.5 Å². The van der Waals surface area contributed by atoms with Gasteiger partial charge < -0.3 is 13.9 Å². The van der Waals surface area contributed by atoms with Crippen LogP contribution in [-0.4, -0.2) is 29.2 Å². The fraction of sp³-hybridized carbons (Fsp3) is 0.143. The zero-order chi connectivity index (χ0) is 19.9. The average molecular weight is 378 g/mol. The molecular formula is C21H18N2O5. The quantitative estimate of drug-likeness (QED) is 0.475. The molecule has 1 heterocycles. The van der Waals surface area contributed by atoms with Crippen molar-refractivity contribution in [2.24, 2.45) is 0 Å². The number of aromatic nitrogens is 2. The second-order valence-corrected chi connectivity index (χ2v) is 5.84. The highest BCUT2D eigenvalue weighted by Gasteiger charge is 2.18. The standard InChI is InChI=1S/C21H18N2O5/c1-14(19-22-23-20(28-19)16-6-4-3-5-7-16)27-18(24)13-10-15-8-11-17(12-9-15)21(25)26-2/h3-14H,1-2H3/b13-10+/t14-/m0/s1. The molecule has 0 N–H and O–H groups in total. The van der Waals surface area contributed by atoms with Gasteiger partial charge in [0.05, 0.1) is 12.7 Å². The minimum Gasteiger partial charge on any atom is -0.465 e. The third-order valence-electron chi connectivity index (χ3n) is 3.85. The van der Waals surface area contributed by atoms with E-state index in [1.54, 1.807) is 37.3 Å². The van der Waals surface area contributed by atoms with Crippen LogP contribution in [0.15, 0.2) is 65.1 Å². The molecule has 0 saturated carbocycles. The van der Waals surface area contributed by atoms with Gasteiger partial charge in [0.15, 0.2) is 6.10 Å². The van der Waals surface area contributed by atoms with Crippen molar-refractivity contribution in [1.82, 2.24) is 10.2 Å². The van der Waals surface area contributed by atoms with E-state index in [0.29, 0.717) is 11.5 Å². The van der Waals surface area contributed by atoms with Crippen LogP contribution in [0.2, 0.25) is 0 Å². The number of esters is 2. The lowest BCUT2D eigenvalue weighted by Crippen LogP contribution is -2.06. The van der Waals surface area contributed by atoms with Crippen molar-refractivity contribution in [1.29, 1.82) is 0 Å². The molecule has 2 aromatic carbocycles. The fourth-order valence-corrected chi connectivity index (χ4v) is 2.37. The Balaban J connectivity index is 1.59. The monoisotopic (exact) mass is 378 g/mol. The predicted octanol–water partition coefficient (Wildman–Crippen LogP) is 3.84. The number of carbonyl (C=O) groups is 2. The Morgan fingerprint density at radius 1 is 1.04 bits per heavy atom. The number of carbonyl (C=O) groups excluding carboxylic acids is 2. The summed E-state index contributed by atoms with van der Waals surface area (Å²) in [6, 6.07) is 15.9. The Morgan fingerprint density at radius 2 is 1.75 bits per heavy atom. The first-order valence-electron chi connectivity index (χ1n) is 8.52. The van der Waals surface area contributed by atoms with Crippen molar-refractivity contribution in [3.8, 4) is 11.5 Å². The third-order valence-corrected chi connectivity index (χ3v) is 3.85. The number of benzene rings is 2. The van der Waals surface area contributed by atoms with E-state index in [1.165, 1.54) is 13.2 Å². The topological polar surface area (TPSA) is 91.5 Å². The molecule has 3 aromatic rings. The summed E-state index contributed by atoms with van der Waals surface area (Å²) in [6.07, 6.45) is 2.18. The highest BCUT2D eigenvalue weighted by atomic mass is 16.6. The van der Waals surface area contributed by atoms with Crippen LogP contribution < -0.4 is 0 Å². The van der Waals surface area contributed by atoms with Crippen molar-refractivity contribution >= 4 is 18.0 Å². The lowest BCUT2D eigenvalue weighted by molar-refractivity contribution is -0.143. The predicted molar refractivity (Wildman–Crippen MR) is 101 cm³/mol. The second-order valence-electron chi connectivity index (χ2n) is 5.84. The minimum atomic E-state index is -0.691. The molecule has 0 unspecified atom stereocenters. The Bertz CT molecular complexity index is 978. The number of hydrogen-bond donors (Lipinski definition) is 0. The van der Waals surface area contributed by atoms with Crippen molar-refractivity contribution in [3.05, 3.63) is 77.7 Å². The summed E-state index contributed by atoms with van der Waals surface area (Å²) in [6.45, 7) is 1.65. The molecule has 28 heavy (non-hydrogen) atoms. The van der Waals surface area contributed by atoms with Gasteiger partial charge in [-0.15, -0.1) is 10.2 Å². The molecule has 1 aromatic heterocycles. The third kappa shape index (κ3) is 4.70. The van der Waals surface area contributed by atoms with Gasteiger partial charge >= 0.3 is 11.9 Å². The summed E-state index contributed by atoms with van der Waals surface area (Å²) in [4.78, 5) is 23.4. The Labute approximate surface area is 161 Å². The summed E-state index contributed by atoms with van der Waals surface area (Å²) in [7, 11) is 1.32. The highest BCUT2D eigenvalue weighted by Crippen LogP contribution is 2.22. The van der Waals surface area contributed by atoms with Gasteiger partial charge in [-0.2, -0.15) is 0 Å². The van der Waals surface area contributed by atoms with Gasteiger partial charge in [-0.1, -0.05) is 30.3 Å². The molecule has 7 nitrogen and oxygen atoms in total. The smallest absolute Gasteiger partial charge is 0.337 e. The maximum atomic E-state index is 12.0. The number of methoxy groups -OCH3 is 1. The molecule has 0 amide bonds. The van der Waals surface area contributed by atoms with Gasteiger partial charge in [0, 0.05) is 11.6 Å². The van der Waals surface area contributed by atoms with Gasteiger partial charge in [-0.25, -0.2) is 9.59 Å². The molecule has 0 radical (unpaired) electrons. The summed E-state index contributed by atoms with van der Waals surface area (Å²) in [5, 5.41) is 7.91. The van der Waals surface area contributed by atoms with E-state index in [-0.39, 0.29) is 5.89 Å². The summed E-state index contributed by atoms with van der Waals surface area (Å²) >= 11 is 0. The molecule has 0 fully saturated rings. The van der Waals surface area contributed by atoms with Crippen molar-refractivity contribution in [3.63, 3.8) is 0 Å². The van der Waals surface area contributed by atoms with E-state index < -0.39 is 18.0 Å². The Kier molecular flexibility index (Phi) is 5.96. The molecule has 0 aliphatic carbocycles. The fourth-order valence-electron chi connectivity index (χ4n) is 2.37. The molecule has 0 aliphatic heterocycles. The zero-order valence-corrected chi connectivity index (χ0v) is 15.4. The number of nitrogens with zero attached hydrogens (tertiary/aromatic N) is 2. The molecular weight excluding hydrogens is 360 g/mol. The number of ether oxygens (including phenoxy) is 2. The molecule has 1 atom stereocenters. The first kappa shape index (κ1) is 19.0. The van der Waals surface area contributed by atoms with Crippen LogP contribution in [0.1, 0.15) is 34.8 Å². The first-order chi connectivity index (χ1) is 13.6. The number of rotatable bonds is 6. The Hall–Kier alpha value is -3.74. The molecule has 142 valence electrons. The van der Waals surface area contributed by atoms with Crippen LogP contribution in [0.3, 0.4) is 0 Å². The molecule has 0 bridgehead atoms. The van der Waals surface area contributed by atoms with E-state index in [1.807, 2.05) is 30.3 Å². The number of hydrogen-bond acceptors (Lipinski definition) is 7. The van der Waals surface area contributed by atoms with E-state index >= 15 is 0 Å². The maximum Gasteiger partial charge on any atom is 0.337 e. The normalized spacial score (nSPS) is 11.9. The lowest BCUT2D eigenvalue weighted by atomic mass is 10.1. The summed E-state index contributed by atoms with van der Waals surface area (Å²) < 4.78 is 15.5. The van der Waals surface area contributed by atoms with Gasteiger partial charge in [0.25, 0.3) is 5.89 Å². The van der Waals surface area contributed by atoms with Crippen LogP contribution in [0.5, 0.6) is 0 Å². The molecule has 3 rings (SSSR count). The van der Waals surface area contributed by atoms with Crippen LogP contribution in [0, 0.1) is 0 Å². The van der Waals surface area contributed by atoms with Gasteiger partial charge in [-0.3, -0.25) is 0 Å². The highest BCUT2D eigenvalue weighted by molar-refractivity contribution is 5.90. The second kappa shape index (κ2) is 8.77. The first-order valence-corrected chi connectivity index (χ1v) is 8.52. The zero-order valence-electron chi connectivity index (χ0n) is 15.4. The van der Waals surface area contributed by atoms with E-state index in [4.69, 9.17) is 9.15 Å². The van der Waals surface area contributed by atoms with E-state index in [9.17, 15) is 9.59 Å². The SMILES string of the molecule is COC(=O)c1ccc(/C=C/C(=O)O[C@@H](C)c2nnc(-c3ccccc3)o2)cc1. The Morgan fingerprint density at radius 3 is 2.43 bits per heavy atom. The summed E-state index contributed by atoms with van der Waals surface area (Å²) in [5.41, 5.74) is 1.96. The molecule has 0 aliphatic rings. The molecule has 0 spiro atoms. The van der Waals surface area contributed by atoms with E-state index in [2.05, 4.69) is 14.9 Å². The lowest BCUT2D eigenvalue weighted by Gasteiger charge is -2.06.